The Morgan fingerprint density at radius 1 is 1.29 bits per heavy atom. The van der Waals surface area contributed by atoms with Crippen molar-refractivity contribution in [2.75, 3.05) is 25.9 Å². The highest BCUT2D eigenvalue weighted by Gasteiger charge is 2.30. The summed E-state index contributed by atoms with van der Waals surface area (Å²) in [5, 5.41) is 0. The van der Waals surface area contributed by atoms with Crippen molar-refractivity contribution in [1.82, 2.24) is 4.90 Å². The fourth-order valence-electron chi connectivity index (χ4n) is 2.51. The summed E-state index contributed by atoms with van der Waals surface area (Å²) in [6.45, 7) is 1.12. The first kappa shape index (κ1) is 15.1. The topological polar surface area (TPSA) is 29.3 Å². The average molecular weight is 270 g/mol. The molecule has 1 aliphatic rings. The van der Waals surface area contributed by atoms with Crippen molar-refractivity contribution in [1.29, 1.82) is 0 Å². The van der Waals surface area contributed by atoms with Crippen LogP contribution >= 0.6 is 11.8 Å². The molecule has 0 radical (unpaired) electrons. The highest BCUT2D eigenvalue weighted by molar-refractivity contribution is 8.00. The molecule has 1 aliphatic carbocycles. The molecule has 0 amide bonds. The molecule has 0 spiro atoms. The lowest BCUT2D eigenvalue weighted by Crippen LogP contribution is -2.44. The Labute approximate surface area is 105 Å². The van der Waals surface area contributed by atoms with E-state index in [1.54, 1.807) is 0 Å². The van der Waals surface area contributed by atoms with Gasteiger partial charge in [-0.1, -0.05) is 12.8 Å². The number of alkyl halides is 3. The second-order valence-electron chi connectivity index (χ2n) is 4.62. The maximum absolute atomic E-state index is 12.0. The average Bonchev–Trinajstić information content (AvgIpc) is 2.27. The van der Waals surface area contributed by atoms with Crippen LogP contribution in [0.5, 0.6) is 0 Å². The molecule has 1 saturated carbocycles. The van der Waals surface area contributed by atoms with Gasteiger partial charge < -0.3 is 10.6 Å². The van der Waals surface area contributed by atoms with Crippen LogP contribution in [0.1, 0.15) is 25.7 Å². The lowest BCUT2D eigenvalue weighted by molar-refractivity contribution is -0.0329. The Hall–Kier alpha value is 0.0600. The van der Waals surface area contributed by atoms with Crippen molar-refractivity contribution < 1.29 is 13.2 Å². The van der Waals surface area contributed by atoms with Crippen molar-refractivity contribution in [2.45, 2.75) is 37.2 Å². The summed E-state index contributed by atoms with van der Waals surface area (Å²) in [6.07, 6.45) is 4.54. The molecule has 0 bridgehead atoms. The number of nitrogens with two attached hydrogens (primary N) is 1. The van der Waals surface area contributed by atoms with Gasteiger partial charge in [0.25, 0.3) is 0 Å². The summed E-state index contributed by atoms with van der Waals surface area (Å²) in [5.41, 5.74) is 1.61. The predicted molar refractivity (Wildman–Crippen MR) is 65.9 cm³/mol. The van der Waals surface area contributed by atoms with Crippen LogP contribution in [0.15, 0.2) is 0 Å². The summed E-state index contributed by atoms with van der Waals surface area (Å²) < 4.78 is 36.0. The van der Waals surface area contributed by atoms with E-state index in [0.717, 1.165) is 19.3 Å². The van der Waals surface area contributed by atoms with Crippen LogP contribution in [0.25, 0.3) is 0 Å². The summed E-state index contributed by atoms with van der Waals surface area (Å²) in [4.78, 5) is 2.05. The third-order valence-corrected chi connectivity index (χ3v) is 4.16. The lowest BCUT2D eigenvalue weighted by Gasteiger charge is -2.37. The maximum atomic E-state index is 12.0. The van der Waals surface area contributed by atoms with E-state index in [1.807, 2.05) is 7.05 Å². The Morgan fingerprint density at radius 3 is 2.53 bits per heavy atom. The van der Waals surface area contributed by atoms with Crippen molar-refractivity contribution in [3.63, 3.8) is 0 Å². The summed E-state index contributed by atoms with van der Waals surface area (Å²) in [5.74, 6) is 0.554. The maximum Gasteiger partial charge on any atom is 0.441 e. The minimum atomic E-state index is -4.11. The summed E-state index contributed by atoms with van der Waals surface area (Å²) in [6, 6.07) is 0.364. The SMILES string of the molecule is CN(CCSC(F)(F)F)C1CCCCC1CN. The third kappa shape index (κ3) is 5.48. The molecule has 0 heterocycles. The van der Waals surface area contributed by atoms with Gasteiger partial charge in [0.2, 0.25) is 0 Å². The smallest absolute Gasteiger partial charge is 0.330 e. The molecule has 0 aliphatic heterocycles. The van der Waals surface area contributed by atoms with Gasteiger partial charge in [-0.15, -0.1) is 0 Å². The van der Waals surface area contributed by atoms with Crippen molar-refractivity contribution in [3.8, 4) is 0 Å². The first-order chi connectivity index (χ1) is 7.94. The van der Waals surface area contributed by atoms with E-state index >= 15 is 0 Å². The van der Waals surface area contributed by atoms with Crippen LogP contribution in [0, 0.1) is 5.92 Å². The first-order valence-corrected chi connectivity index (χ1v) is 7.03. The molecule has 1 rings (SSSR count). The molecule has 1 fully saturated rings. The van der Waals surface area contributed by atoms with Gasteiger partial charge in [-0.2, -0.15) is 13.2 Å². The standard InChI is InChI=1S/C11H21F3N2S/c1-16(6-7-17-11(12,13)14)10-5-3-2-4-9(10)8-15/h9-10H,2-8,15H2,1H3. The number of hydrogen-bond acceptors (Lipinski definition) is 3. The molecule has 0 saturated heterocycles. The molecule has 0 aromatic carbocycles. The second-order valence-corrected chi connectivity index (χ2v) is 5.78. The van der Waals surface area contributed by atoms with Gasteiger partial charge in [0.1, 0.15) is 0 Å². The van der Waals surface area contributed by atoms with Gasteiger partial charge in [-0.25, -0.2) is 0 Å². The predicted octanol–water partition coefficient (Wildman–Crippen LogP) is 2.69. The molecule has 2 unspecified atom stereocenters. The third-order valence-electron chi connectivity index (χ3n) is 3.45. The minimum absolute atomic E-state index is 0.0618. The van der Waals surface area contributed by atoms with Gasteiger partial charge in [0.15, 0.2) is 0 Å². The number of thioether (sulfide) groups is 1. The molecule has 17 heavy (non-hydrogen) atoms. The normalized spacial score (nSPS) is 26.5. The van der Waals surface area contributed by atoms with Crippen LogP contribution in [0.3, 0.4) is 0 Å². The zero-order valence-electron chi connectivity index (χ0n) is 10.2. The van der Waals surface area contributed by atoms with Gasteiger partial charge in [0.05, 0.1) is 0 Å². The lowest BCUT2D eigenvalue weighted by atomic mass is 9.84. The Kier molecular flexibility index (Phi) is 6.09. The largest absolute Gasteiger partial charge is 0.441 e. The van der Waals surface area contributed by atoms with E-state index in [4.69, 9.17) is 5.73 Å². The Balaban J connectivity index is 2.32. The fourth-order valence-corrected chi connectivity index (χ4v) is 3.13. The van der Waals surface area contributed by atoms with Gasteiger partial charge in [0, 0.05) is 18.3 Å². The minimum Gasteiger partial charge on any atom is -0.330 e. The van der Waals surface area contributed by atoms with E-state index in [2.05, 4.69) is 4.90 Å². The number of rotatable bonds is 5. The molecular weight excluding hydrogens is 249 g/mol. The Morgan fingerprint density at radius 2 is 1.94 bits per heavy atom. The van der Waals surface area contributed by atoms with Crippen molar-refractivity contribution >= 4 is 11.8 Å². The zero-order chi connectivity index (χ0) is 12.9. The zero-order valence-corrected chi connectivity index (χ0v) is 11.0. The van der Waals surface area contributed by atoms with E-state index in [9.17, 15) is 13.2 Å². The fraction of sp³-hybridized carbons (Fsp3) is 1.00. The van der Waals surface area contributed by atoms with Crippen LogP contribution < -0.4 is 5.73 Å². The van der Waals surface area contributed by atoms with Gasteiger partial charge >= 0.3 is 5.51 Å². The summed E-state index contributed by atoms with van der Waals surface area (Å²) >= 11 is 0.0618. The van der Waals surface area contributed by atoms with Crippen molar-refractivity contribution in [2.24, 2.45) is 11.7 Å². The van der Waals surface area contributed by atoms with E-state index in [1.165, 1.54) is 6.42 Å². The van der Waals surface area contributed by atoms with Gasteiger partial charge in [-0.3, -0.25) is 0 Å². The molecule has 2 atom stereocenters. The molecule has 2 N–H and O–H groups in total. The quantitative estimate of drug-likeness (QED) is 0.833. The van der Waals surface area contributed by atoms with E-state index in [-0.39, 0.29) is 17.5 Å². The van der Waals surface area contributed by atoms with Crippen LogP contribution in [-0.4, -0.2) is 42.3 Å². The number of hydrogen-bond donors (Lipinski definition) is 1. The van der Waals surface area contributed by atoms with E-state index in [0.29, 0.717) is 25.0 Å². The molecule has 102 valence electrons. The number of halogens is 3. The van der Waals surface area contributed by atoms with Crippen molar-refractivity contribution in [3.05, 3.63) is 0 Å². The van der Waals surface area contributed by atoms with Gasteiger partial charge in [-0.05, 0) is 44.1 Å². The van der Waals surface area contributed by atoms with Crippen LogP contribution in [0.4, 0.5) is 13.2 Å². The first-order valence-electron chi connectivity index (χ1n) is 6.05. The Bertz CT molecular complexity index is 223. The van der Waals surface area contributed by atoms with Crippen LogP contribution in [-0.2, 0) is 0 Å². The van der Waals surface area contributed by atoms with Crippen LogP contribution in [0.2, 0.25) is 0 Å². The molecule has 0 aromatic rings. The number of nitrogens with zero attached hydrogens (tertiary/aromatic N) is 1. The van der Waals surface area contributed by atoms with E-state index < -0.39 is 5.51 Å². The highest BCUT2D eigenvalue weighted by Crippen LogP contribution is 2.31. The summed E-state index contributed by atoms with van der Waals surface area (Å²) in [7, 11) is 1.91. The molecule has 0 aromatic heterocycles. The monoisotopic (exact) mass is 270 g/mol. The molecule has 6 heteroatoms. The molecule has 2 nitrogen and oxygen atoms in total. The highest BCUT2D eigenvalue weighted by atomic mass is 32.2. The molecular formula is C11H21F3N2S. The second kappa shape index (κ2) is 6.85.